The maximum atomic E-state index is 12.1. The highest BCUT2D eigenvalue weighted by Crippen LogP contribution is 2.15. The second-order valence-corrected chi connectivity index (χ2v) is 5.12. The van der Waals surface area contributed by atoms with Gasteiger partial charge in [-0.1, -0.05) is 31.2 Å². The summed E-state index contributed by atoms with van der Waals surface area (Å²) in [5, 5.41) is 2.86. The van der Waals surface area contributed by atoms with Crippen molar-refractivity contribution in [3.05, 3.63) is 59.7 Å². The third-order valence-electron chi connectivity index (χ3n) is 3.30. The van der Waals surface area contributed by atoms with Crippen molar-refractivity contribution < 1.29 is 9.53 Å². The summed E-state index contributed by atoms with van der Waals surface area (Å²) in [4.78, 5) is 12.1. The van der Waals surface area contributed by atoms with Crippen LogP contribution in [0.4, 0.5) is 5.69 Å². The quantitative estimate of drug-likeness (QED) is 0.902. The molecule has 0 fully saturated rings. The lowest BCUT2D eigenvalue weighted by Gasteiger charge is -2.15. The van der Waals surface area contributed by atoms with E-state index in [1.54, 1.807) is 6.92 Å². The number of ether oxygens (including phenoxy) is 1. The molecule has 0 spiro atoms. The van der Waals surface area contributed by atoms with Crippen LogP contribution in [0.5, 0.6) is 5.75 Å². The Labute approximate surface area is 126 Å². The highest BCUT2D eigenvalue weighted by atomic mass is 16.5. The van der Waals surface area contributed by atoms with Crippen LogP contribution in [0, 0.1) is 6.92 Å². The molecular weight excluding hydrogens is 262 g/mol. The molecule has 1 atom stereocenters. The van der Waals surface area contributed by atoms with E-state index in [-0.39, 0.29) is 5.91 Å². The minimum absolute atomic E-state index is 0.153. The van der Waals surface area contributed by atoms with Crippen molar-refractivity contribution in [1.82, 2.24) is 0 Å². The Balaban J connectivity index is 1.95. The minimum atomic E-state index is -0.544. The Morgan fingerprint density at radius 2 is 1.90 bits per heavy atom. The monoisotopic (exact) mass is 283 g/mol. The molecule has 0 heterocycles. The first-order chi connectivity index (χ1) is 10.1. The van der Waals surface area contributed by atoms with E-state index < -0.39 is 6.10 Å². The van der Waals surface area contributed by atoms with Gasteiger partial charge in [-0.3, -0.25) is 4.79 Å². The molecule has 2 aromatic carbocycles. The normalized spacial score (nSPS) is 11.8. The lowest BCUT2D eigenvalue weighted by molar-refractivity contribution is -0.122. The third-order valence-corrected chi connectivity index (χ3v) is 3.30. The molecule has 2 rings (SSSR count). The van der Waals surface area contributed by atoms with Crippen molar-refractivity contribution in [3.8, 4) is 5.75 Å². The van der Waals surface area contributed by atoms with Crippen molar-refractivity contribution in [2.24, 2.45) is 0 Å². The van der Waals surface area contributed by atoms with E-state index in [9.17, 15) is 4.79 Å². The maximum Gasteiger partial charge on any atom is 0.265 e. The molecule has 0 bridgehead atoms. The zero-order chi connectivity index (χ0) is 15.2. The number of nitrogens with one attached hydrogen (secondary N) is 1. The second kappa shape index (κ2) is 6.93. The van der Waals surface area contributed by atoms with Crippen molar-refractivity contribution in [1.29, 1.82) is 0 Å². The van der Waals surface area contributed by atoms with Gasteiger partial charge in [0.25, 0.3) is 5.91 Å². The molecule has 1 amide bonds. The smallest absolute Gasteiger partial charge is 0.265 e. The molecule has 0 saturated carbocycles. The summed E-state index contributed by atoms with van der Waals surface area (Å²) in [6, 6.07) is 15.5. The molecule has 1 unspecified atom stereocenters. The van der Waals surface area contributed by atoms with Crippen LogP contribution < -0.4 is 10.1 Å². The summed E-state index contributed by atoms with van der Waals surface area (Å²) in [5.41, 5.74) is 3.15. The summed E-state index contributed by atoms with van der Waals surface area (Å²) in [7, 11) is 0. The lowest BCUT2D eigenvalue weighted by Crippen LogP contribution is -2.30. The summed E-state index contributed by atoms with van der Waals surface area (Å²) in [6.45, 7) is 5.84. The molecular formula is C18H21NO2. The summed E-state index contributed by atoms with van der Waals surface area (Å²) in [6.07, 6.45) is 0.446. The molecule has 0 saturated heterocycles. The van der Waals surface area contributed by atoms with E-state index in [4.69, 9.17) is 4.74 Å². The maximum absolute atomic E-state index is 12.1. The Morgan fingerprint density at radius 1 is 1.19 bits per heavy atom. The minimum Gasteiger partial charge on any atom is -0.481 e. The van der Waals surface area contributed by atoms with Crippen molar-refractivity contribution in [3.63, 3.8) is 0 Å². The first-order valence-electron chi connectivity index (χ1n) is 7.21. The zero-order valence-electron chi connectivity index (χ0n) is 12.7. The van der Waals surface area contributed by atoms with Crippen LogP contribution in [-0.2, 0) is 11.2 Å². The number of aryl methyl sites for hydroxylation is 2. The second-order valence-electron chi connectivity index (χ2n) is 5.12. The number of amides is 1. The molecule has 3 nitrogen and oxygen atoms in total. The van der Waals surface area contributed by atoms with Gasteiger partial charge >= 0.3 is 0 Å². The van der Waals surface area contributed by atoms with E-state index in [0.29, 0.717) is 5.75 Å². The molecule has 3 heteroatoms. The van der Waals surface area contributed by atoms with Crippen LogP contribution in [0.25, 0.3) is 0 Å². The summed E-state index contributed by atoms with van der Waals surface area (Å²) >= 11 is 0. The van der Waals surface area contributed by atoms with Crippen LogP contribution >= 0.6 is 0 Å². The number of hydrogen-bond acceptors (Lipinski definition) is 2. The Morgan fingerprint density at radius 3 is 2.52 bits per heavy atom. The van der Waals surface area contributed by atoms with Gasteiger partial charge in [0.15, 0.2) is 6.10 Å². The van der Waals surface area contributed by atoms with Crippen molar-refractivity contribution in [2.75, 3.05) is 5.32 Å². The molecule has 21 heavy (non-hydrogen) atoms. The number of rotatable bonds is 5. The van der Waals surface area contributed by atoms with Crippen LogP contribution in [0.15, 0.2) is 48.5 Å². The number of carbonyl (C=O) groups is 1. The molecule has 110 valence electrons. The zero-order valence-corrected chi connectivity index (χ0v) is 12.7. The third kappa shape index (κ3) is 4.35. The SMILES string of the molecule is CCc1ccc(OC(C)C(=O)Nc2cccc(C)c2)cc1. The fraction of sp³-hybridized carbons (Fsp3) is 0.278. The summed E-state index contributed by atoms with van der Waals surface area (Å²) < 4.78 is 5.67. The van der Waals surface area contributed by atoms with Crippen LogP contribution in [0.3, 0.4) is 0 Å². The van der Waals surface area contributed by atoms with Gasteiger partial charge in [-0.2, -0.15) is 0 Å². The number of hydrogen-bond donors (Lipinski definition) is 1. The van der Waals surface area contributed by atoms with Crippen molar-refractivity contribution in [2.45, 2.75) is 33.3 Å². The van der Waals surface area contributed by atoms with Gasteiger partial charge in [-0.05, 0) is 55.7 Å². The summed E-state index contributed by atoms with van der Waals surface area (Å²) in [5.74, 6) is 0.555. The molecule has 0 aliphatic carbocycles. The molecule has 1 N–H and O–H groups in total. The van der Waals surface area contributed by atoms with E-state index >= 15 is 0 Å². The van der Waals surface area contributed by atoms with Gasteiger partial charge in [0.05, 0.1) is 0 Å². The van der Waals surface area contributed by atoms with Gasteiger partial charge in [-0.15, -0.1) is 0 Å². The van der Waals surface area contributed by atoms with E-state index in [1.807, 2.05) is 55.5 Å². The van der Waals surface area contributed by atoms with E-state index in [1.165, 1.54) is 5.56 Å². The number of benzene rings is 2. The van der Waals surface area contributed by atoms with Gasteiger partial charge in [0, 0.05) is 5.69 Å². The first-order valence-corrected chi connectivity index (χ1v) is 7.21. The van der Waals surface area contributed by atoms with Crippen LogP contribution in [-0.4, -0.2) is 12.0 Å². The highest BCUT2D eigenvalue weighted by molar-refractivity contribution is 5.94. The Bertz CT molecular complexity index is 605. The average Bonchev–Trinajstić information content (AvgIpc) is 2.48. The Hall–Kier alpha value is -2.29. The van der Waals surface area contributed by atoms with E-state index in [2.05, 4.69) is 12.2 Å². The van der Waals surface area contributed by atoms with Gasteiger partial charge < -0.3 is 10.1 Å². The lowest BCUT2D eigenvalue weighted by atomic mass is 10.2. The fourth-order valence-electron chi connectivity index (χ4n) is 2.03. The predicted molar refractivity (Wildman–Crippen MR) is 85.7 cm³/mol. The van der Waals surface area contributed by atoms with Crippen LogP contribution in [0.2, 0.25) is 0 Å². The molecule has 0 aliphatic heterocycles. The van der Waals surface area contributed by atoms with Gasteiger partial charge in [0.1, 0.15) is 5.75 Å². The highest BCUT2D eigenvalue weighted by Gasteiger charge is 2.14. The average molecular weight is 283 g/mol. The largest absolute Gasteiger partial charge is 0.481 e. The molecule has 2 aromatic rings. The van der Waals surface area contributed by atoms with Crippen LogP contribution in [0.1, 0.15) is 25.0 Å². The first kappa shape index (κ1) is 15.1. The number of carbonyl (C=O) groups excluding carboxylic acids is 1. The standard InChI is InChI=1S/C18H21NO2/c1-4-15-8-10-17(11-9-15)21-14(3)18(20)19-16-7-5-6-13(2)12-16/h5-12,14H,4H2,1-3H3,(H,19,20). The molecule has 0 aliphatic rings. The molecule has 0 radical (unpaired) electrons. The van der Waals surface area contributed by atoms with Gasteiger partial charge in [0.2, 0.25) is 0 Å². The van der Waals surface area contributed by atoms with E-state index in [0.717, 1.165) is 17.7 Å². The van der Waals surface area contributed by atoms with Gasteiger partial charge in [-0.25, -0.2) is 0 Å². The topological polar surface area (TPSA) is 38.3 Å². The molecule has 0 aromatic heterocycles. The number of anilines is 1. The Kier molecular flexibility index (Phi) is 4.99. The fourth-order valence-corrected chi connectivity index (χ4v) is 2.03. The van der Waals surface area contributed by atoms with Crippen molar-refractivity contribution >= 4 is 11.6 Å². The predicted octanol–water partition coefficient (Wildman–Crippen LogP) is 3.96.